The molecule has 1 rings (SSSR count). The van der Waals surface area contributed by atoms with Crippen LogP contribution in [0, 0.1) is 6.92 Å². The van der Waals surface area contributed by atoms with E-state index in [4.69, 9.17) is 0 Å². The van der Waals surface area contributed by atoms with Gasteiger partial charge >= 0.3 is 0 Å². The van der Waals surface area contributed by atoms with Crippen molar-refractivity contribution in [2.75, 3.05) is 7.05 Å². The molecule has 0 aliphatic rings. The minimum atomic E-state index is -0.0274. The summed E-state index contributed by atoms with van der Waals surface area (Å²) in [5.74, 6) is 0. The van der Waals surface area contributed by atoms with Gasteiger partial charge in [-0.2, -0.15) is 5.10 Å². The highest BCUT2D eigenvalue weighted by atomic mass is 15.4. The van der Waals surface area contributed by atoms with Crippen molar-refractivity contribution < 1.29 is 0 Å². The molecule has 0 aromatic heterocycles. The van der Waals surface area contributed by atoms with Crippen molar-refractivity contribution in [3.8, 4) is 0 Å². The van der Waals surface area contributed by atoms with E-state index in [1.807, 2.05) is 26.1 Å². The van der Waals surface area contributed by atoms with Gasteiger partial charge in [0.1, 0.15) is 6.34 Å². The first kappa shape index (κ1) is 15.4. The summed E-state index contributed by atoms with van der Waals surface area (Å²) in [7, 11) is 1.91. The third-order valence-electron chi connectivity index (χ3n) is 3.28. The summed E-state index contributed by atoms with van der Waals surface area (Å²) in [5, 5.41) is 6.32. The van der Waals surface area contributed by atoms with Crippen LogP contribution in [0.4, 0.5) is 0 Å². The number of benzene rings is 1. The van der Waals surface area contributed by atoms with E-state index < -0.39 is 0 Å². The van der Waals surface area contributed by atoms with Gasteiger partial charge in [0.25, 0.3) is 0 Å². The van der Waals surface area contributed by atoms with Crippen molar-refractivity contribution in [1.82, 2.24) is 5.01 Å². The number of rotatable bonds is 5. The maximum absolute atomic E-state index is 4.55. The van der Waals surface area contributed by atoms with Crippen LogP contribution in [0.2, 0.25) is 0 Å². The van der Waals surface area contributed by atoms with Crippen molar-refractivity contribution in [3.05, 3.63) is 35.4 Å². The molecule has 0 spiro atoms. The molecule has 3 heteroatoms. The van der Waals surface area contributed by atoms with E-state index in [0.717, 1.165) is 12.1 Å². The second-order valence-corrected chi connectivity index (χ2v) is 5.48. The van der Waals surface area contributed by atoms with Gasteiger partial charge in [0.05, 0.1) is 11.3 Å². The Morgan fingerprint density at radius 1 is 1.32 bits per heavy atom. The van der Waals surface area contributed by atoms with Gasteiger partial charge in [0.2, 0.25) is 0 Å². The zero-order valence-corrected chi connectivity index (χ0v) is 12.9. The molecular weight excluding hydrogens is 234 g/mol. The lowest BCUT2D eigenvalue weighted by Gasteiger charge is -2.18. The van der Waals surface area contributed by atoms with E-state index in [-0.39, 0.29) is 5.54 Å². The predicted octanol–water partition coefficient (Wildman–Crippen LogP) is 3.87. The van der Waals surface area contributed by atoms with Gasteiger partial charge in [0.15, 0.2) is 0 Å². The fourth-order valence-corrected chi connectivity index (χ4v) is 1.63. The number of aliphatic imine (C=N–C) groups is 1. The molecule has 0 heterocycles. The van der Waals surface area contributed by atoms with Crippen LogP contribution in [0.5, 0.6) is 0 Å². The summed E-state index contributed by atoms with van der Waals surface area (Å²) in [6.45, 7) is 10.5. The van der Waals surface area contributed by atoms with Gasteiger partial charge in [-0.25, -0.2) is 0 Å². The number of hydrogen-bond acceptors (Lipinski definition) is 2. The zero-order chi connectivity index (χ0) is 14.5. The Balaban J connectivity index is 2.83. The Morgan fingerprint density at radius 3 is 2.53 bits per heavy atom. The van der Waals surface area contributed by atoms with E-state index >= 15 is 0 Å². The number of aryl methyl sites for hydroxylation is 1. The summed E-state index contributed by atoms with van der Waals surface area (Å²) in [5.41, 5.74) is 3.39. The largest absolute Gasteiger partial charge is 0.268 e. The molecule has 104 valence electrons. The lowest BCUT2D eigenvalue weighted by atomic mass is 10.0. The van der Waals surface area contributed by atoms with Gasteiger partial charge in [0, 0.05) is 12.6 Å². The molecule has 0 aliphatic heterocycles. The fourth-order valence-electron chi connectivity index (χ4n) is 1.63. The summed E-state index contributed by atoms with van der Waals surface area (Å²) < 4.78 is 0. The quantitative estimate of drug-likeness (QED) is 0.448. The lowest BCUT2D eigenvalue weighted by Crippen LogP contribution is -2.19. The second kappa shape index (κ2) is 6.50. The maximum atomic E-state index is 4.55. The van der Waals surface area contributed by atoms with Gasteiger partial charge in [-0.05, 0) is 39.7 Å². The van der Waals surface area contributed by atoms with Crippen LogP contribution in [-0.2, 0) is 0 Å². The molecule has 1 aromatic carbocycles. The topological polar surface area (TPSA) is 28.0 Å². The Labute approximate surface area is 117 Å². The number of hydrogen-bond donors (Lipinski definition) is 0. The fraction of sp³-hybridized carbons (Fsp3) is 0.500. The van der Waals surface area contributed by atoms with Crippen LogP contribution >= 0.6 is 0 Å². The highest BCUT2D eigenvalue weighted by Crippen LogP contribution is 2.12. The summed E-state index contributed by atoms with van der Waals surface area (Å²) >= 11 is 0. The molecule has 0 fully saturated rings. The molecule has 0 saturated carbocycles. The molecule has 0 N–H and O–H groups in total. The predicted molar refractivity (Wildman–Crippen MR) is 84.0 cm³/mol. The molecule has 1 aromatic rings. The number of hydrazone groups is 1. The van der Waals surface area contributed by atoms with Crippen LogP contribution in [0.3, 0.4) is 0 Å². The van der Waals surface area contributed by atoms with Crippen LogP contribution in [0.25, 0.3) is 0 Å². The van der Waals surface area contributed by atoms with Crippen LogP contribution in [0.15, 0.2) is 34.4 Å². The van der Waals surface area contributed by atoms with Crippen LogP contribution in [0.1, 0.15) is 45.2 Å². The molecule has 0 saturated heterocycles. The van der Waals surface area contributed by atoms with Crippen molar-refractivity contribution >= 4 is 12.1 Å². The average Bonchev–Trinajstić information content (AvgIpc) is 2.37. The normalized spacial score (nSPS) is 13.1. The van der Waals surface area contributed by atoms with E-state index in [0.29, 0.717) is 0 Å². The van der Waals surface area contributed by atoms with Gasteiger partial charge in [-0.3, -0.25) is 10.0 Å². The average molecular weight is 259 g/mol. The number of nitrogens with zero attached hydrogens (tertiary/aromatic N) is 3. The summed E-state index contributed by atoms with van der Waals surface area (Å²) in [6.07, 6.45) is 2.81. The molecule has 0 unspecified atom stereocenters. The third kappa shape index (κ3) is 4.86. The van der Waals surface area contributed by atoms with Crippen LogP contribution < -0.4 is 0 Å². The van der Waals surface area contributed by atoms with Crippen molar-refractivity contribution in [2.24, 2.45) is 10.1 Å². The Morgan fingerprint density at radius 2 is 1.95 bits per heavy atom. The molecule has 0 atom stereocenters. The molecule has 3 nitrogen and oxygen atoms in total. The van der Waals surface area contributed by atoms with E-state index in [1.165, 1.54) is 11.1 Å². The highest BCUT2D eigenvalue weighted by Gasteiger charge is 2.11. The zero-order valence-electron chi connectivity index (χ0n) is 12.9. The summed E-state index contributed by atoms with van der Waals surface area (Å²) in [6, 6.07) is 8.27. The van der Waals surface area contributed by atoms with Gasteiger partial charge in [-0.1, -0.05) is 31.2 Å². The van der Waals surface area contributed by atoms with E-state index in [2.05, 4.69) is 49.9 Å². The maximum Gasteiger partial charge on any atom is 0.106 e. The third-order valence-corrected chi connectivity index (χ3v) is 3.28. The molecule has 0 bridgehead atoms. The SMILES string of the molecule is CCC(C)(C)N=CN(C)/N=C(\C)c1ccccc1C. The van der Waals surface area contributed by atoms with E-state index in [9.17, 15) is 0 Å². The standard InChI is InChI=1S/C16H25N3/c1-7-16(4,5)17-12-19(6)18-14(3)15-11-9-8-10-13(15)2/h8-12H,7H2,1-6H3/b17-12?,18-14+. The first-order chi connectivity index (χ1) is 8.85. The Bertz CT molecular complexity index is 473. The smallest absolute Gasteiger partial charge is 0.106 e. The molecule has 0 aliphatic carbocycles. The molecule has 0 amide bonds. The Hall–Kier alpha value is -1.64. The second-order valence-electron chi connectivity index (χ2n) is 5.48. The first-order valence-corrected chi connectivity index (χ1v) is 6.75. The lowest BCUT2D eigenvalue weighted by molar-refractivity contribution is 0.484. The van der Waals surface area contributed by atoms with E-state index in [1.54, 1.807) is 11.3 Å². The molecular formula is C16H25N3. The van der Waals surface area contributed by atoms with Crippen LogP contribution in [-0.4, -0.2) is 29.6 Å². The van der Waals surface area contributed by atoms with Gasteiger partial charge in [-0.15, -0.1) is 0 Å². The molecule has 19 heavy (non-hydrogen) atoms. The van der Waals surface area contributed by atoms with Crippen molar-refractivity contribution in [1.29, 1.82) is 0 Å². The molecule has 0 radical (unpaired) electrons. The monoisotopic (exact) mass is 259 g/mol. The van der Waals surface area contributed by atoms with Crippen molar-refractivity contribution in [2.45, 2.75) is 46.6 Å². The van der Waals surface area contributed by atoms with Crippen molar-refractivity contribution in [3.63, 3.8) is 0 Å². The summed E-state index contributed by atoms with van der Waals surface area (Å²) in [4.78, 5) is 4.54. The first-order valence-electron chi connectivity index (χ1n) is 6.75. The minimum absolute atomic E-state index is 0.0274. The Kier molecular flexibility index (Phi) is 5.28. The highest BCUT2D eigenvalue weighted by molar-refractivity contribution is 6.00. The minimum Gasteiger partial charge on any atom is -0.268 e. The van der Waals surface area contributed by atoms with Gasteiger partial charge < -0.3 is 0 Å².